The van der Waals surface area contributed by atoms with Gasteiger partial charge in [0, 0.05) is 0 Å². The molecule has 0 aromatic heterocycles. The van der Waals surface area contributed by atoms with Crippen LogP contribution < -0.4 is 5.32 Å². The lowest BCUT2D eigenvalue weighted by molar-refractivity contribution is -0.142. The molecule has 23 heavy (non-hydrogen) atoms. The number of carboxylic acid groups (broad SMARTS) is 1. The topological polar surface area (TPSA) is 69.6 Å². The highest BCUT2D eigenvalue weighted by atomic mass is 19.1. The summed E-state index contributed by atoms with van der Waals surface area (Å²) in [5, 5.41) is 12.1. The highest BCUT2D eigenvalue weighted by molar-refractivity contribution is 5.80. The van der Waals surface area contributed by atoms with Crippen molar-refractivity contribution in [1.82, 2.24) is 10.2 Å². The summed E-state index contributed by atoms with van der Waals surface area (Å²) in [5.74, 6) is -1.27. The molecule has 1 aliphatic rings. The summed E-state index contributed by atoms with van der Waals surface area (Å²) in [4.78, 5) is 25.2. The van der Waals surface area contributed by atoms with Crippen molar-refractivity contribution in [3.63, 3.8) is 0 Å². The van der Waals surface area contributed by atoms with Gasteiger partial charge in [0.2, 0.25) is 5.91 Å². The molecule has 5 nitrogen and oxygen atoms in total. The summed E-state index contributed by atoms with van der Waals surface area (Å²) < 4.78 is 13.1. The van der Waals surface area contributed by atoms with E-state index in [2.05, 4.69) is 5.32 Å². The first-order valence-electron chi connectivity index (χ1n) is 7.90. The first kappa shape index (κ1) is 17.4. The quantitative estimate of drug-likeness (QED) is 0.842. The van der Waals surface area contributed by atoms with Crippen LogP contribution in [0.2, 0.25) is 0 Å². The number of nitrogens with zero attached hydrogens (tertiary/aromatic N) is 1. The normalized spacial score (nSPS) is 19.7. The Morgan fingerprint density at radius 2 is 2.00 bits per heavy atom. The van der Waals surface area contributed by atoms with Gasteiger partial charge in [-0.3, -0.25) is 14.5 Å². The van der Waals surface area contributed by atoms with E-state index in [9.17, 15) is 14.0 Å². The Hall–Kier alpha value is -1.95. The van der Waals surface area contributed by atoms with Gasteiger partial charge in [0.25, 0.3) is 0 Å². The molecular formula is C17H23FN2O3. The van der Waals surface area contributed by atoms with Crippen LogP contribution >= 0.6 is 0 Å². The molecule has 1 amide bonds. The first-order valence-corrected chi connectivity index (χ1v) is 7.90. The van der Waals surface area contributed by atoms with Crippen molar-refractivity contribution in [3.05, 3.63) is 35.6 Å². The molecule has 0 unspecified atom stereocenters. The largest absolute Gasteiger partial charge is 0.480 e. The zero-order valence-electron chi connectivity index (χ0n) is 13.5. The van der Waals surface area contributed by atoms with E-state index in [1.165, 1.54) is 12.1 Å². The van der Waals surface area contributed by atoms with Gasteiger partial charge in [-0.25, -0.2) is 4.39 Å². The van der Waals surface area contributed by atoms with Gasteiger partial charge in [0.05, 0.1) is 12.6 Å². The minimum atomic E-state index is -0.880. The van der Waals surface area contributed by atoms with Gasteiger partial charge >= 0.3 is 5.97 Å². The predicted molar refractivity (Wildman–Crippen MR) is 84.4 cm³/mol. The third-order valence-electron chi connectivity index (χ3n) is 4.21. The molecule has 0 aliphatic carbocycles. The third-order valence-corrected chi connectivity index (χ3v) is 4.21. The standard InChI is InChI=1S/C17H23FN2O3/c1-11(2)16(12-5-7-13(18)8-6-12)19-15(21)10-20-9-3-4-14(20)17(22)23/h5-8,11,14,16H,3-4,9-10H2,1-2H3,(H,19,21)(H,22,23)/t14-,16+/m0/s1. The maximum atomic E-state index is 13.1. The number of carbonyl (C=O) groups is 2. The van der Waals surface area contributed by atoms with E-state index in [0.717, 1.165) is 12.0 Å². The van der Waals surface area contributed by atoms with Crippen LogP contribution in [0.3, 0.4) is 0 Å². The number of hydrogen-bond donors (Lipinski definition) is 2. The first-order chi connectivity index (χ1) is 10.9. The fraction of sp³-hybridized carbons (Fsp3) is 0.529. The van der Waals surface area contributed by atoms with Gasteiger partial charge in [-0.2, -0.15) is 0 Å². The average Bonchev–Trinajstić information content (AvgIpc) is 2.94. The summed E-state index contributed by atoms with van der Waals surface area (Å²) >= 11 is 0. The van der Waals surface area contributed by atoms with Crippen LogP contribution in [0.4, 0.5) is 4.39 Å². The van der Waals surface area contributed by atoms with Crippen LogP contribution in [0.1, 0.15) is 38.3 Å². The SMILES string of the molecule is CC(C)[C@@H](NC(=O)CN1CCC[C@H]1C(=O)O)c1ccc(F)cc1. The fourth-order valence-corrected chi connectivity index (χ4v) is 3.00. The van der Waals surface area contributed by atoms with Crippen LogP contribution in [0, 0.1) is 11.7 Å². The minimum absolute atomic E-state index is 0.0708. The van der Waals surface area contributed by atoms with Crippen LogP contribution in [-0.4, -0.2) is 41.0 Å². The van der Waals surface area contributed by atoms with Gasteiger partial charge < -0.3 is 10.4 Å². The fourth-order valence-electron chi connectivity index (χ4n) is 3.00. The molecule has 126 valence electrons. The Morgan fingerprint density at radius 1 is 1.35 bits per heavy atom. The van der Waals surface area contributed by atoms with Crippen LogP contribution in [0.5, 0.6) is 0 Å². The molecule has 0 saturated carbocycles. The molecule has 6 heteroatoms. The van der Waals surface area contributed by atoms with Crippen molar-refractivity contribution in [1.29, 1.82) is 0 Å². The number of nitrogens with one attached hydrogen (secondary N) is 1. The summed E-state index contributed by atoms with van der Waals surface area (Å²) in [5.41, 5.74) is 0.839. The number of hydrogen-bond acceptors (Lipinski definition) is 3. The molecule has 0 spiro atoms. The second-order valence-corrected chi connectivity index (χ2v) is 6.31. The summed E-state index contributed by atoms with van der Waals surface area (Å²) in [6.07, 6.45) is 1.37. The van der Waals surface area contributed by atoms with E-state index in [4.69, 9.17) is 5.11 Å². The number of benzene rings is 1. The van der Waals surface area contributed by atoms with Gasteiger partial charge in [-0.15, -0.1) is 0 Å². The Morgan fingerprint density at radius 3 is 2.57 bits per heavy atom. The second-order valence-electron chi connectivity index (χ2n) is 6.31. The van der Waals surface area contributed by atoms with Gasteiger partial charge in [0.1, 0.15) is 11.9 Å². The number of likely N-dealkylation sites (tertiary alicyclic amines) is 1. The highest BCUT2D eigenvalue weighted by Crippen LogP contribution is 2.22. The number of amides is 1. The summed E-state index contributed by atoms with van der Waals surface area (Å²) in [7, 11) is 0. The number of halogens is 1. The Labute approximate surface area is 135 Å². The molecule has 1 heterocycles. The van der Waals surface area contributed by atoms with E-state index in [-0.39, 0.29) is 30.2 Å². The molecule has 1 aromatic rings. The molecule has 1 saturated heterocycles. The van der Waals surface area contributed by atoms with Crippen molar-refractivity contribution < 1.29 is 19.1 Å². The average molecular weight is 322 g/mol. The Balaban J connectivity index is 2.01. The van der Waals surface area contributed by atoms with Gasteiger partial charge in [-0.05, 0) is 43.0 Å². The summed E-state index contributed by atoms with van der Waals surface area (Å²) in [6.45, 7) is 4.64. The second kappa shape index (κ2) is 7.55. The lowest BCUT2D eigenvalue weighted by Crippen LogP contribution is -2.44. The molecule has 1 fully saturated rings. The zero-order valence-corrected chi connectivity index (χ0v) is 13.5. The van der Waals surface area contributed by atoms with Gasteiger partial charge in [0.15, 0.2) is 0 Å². The maximum absolute atomic E-state index is 13.1. The lowest BCUT2D eigenvalue weighted by Gasteiger charge is -2.26. The number of carboxylic acids is 1. The monoisotopic (exact) mass is 322 g/mol. The molecule has 2 N–H and O–H groups in total. The third kappa shape index (κ3) is 4.51. The molecule has 2 atom stereocenters. The van der Waals surface area contributed by atoms with Crippen molar-refractivity contribution in [2.45, 2.75) is 38.8 Å². The molecule has 0 bridgehead atoms. The molecule has 1 aromatic carbocycles. The number of carbonyl (C=O) groups excluding carboxylic acids is 1. The van der Waals surface area contributed by atoms with Crippen molar-refractivity contribution >= 4 is 11.9 Å². The Kier molecular flexibility index (Phi) is 5.71. The van der Waals surface area contributed by atoms with E-state index < -0.39 is 12.0 Å². The maximum Gasteiger partial charge on any atom is 0.320 e. The lowest BCUT2D eigenvalue weighted by atomic mass is 9.96. The van der Waals surface area contributed by atoms with Crippen LogP contribution in [0.25, 0.3) is 0 Å². The van der Waals surface area contributed by atoms with Crippen molar-refractivity contribution in [2.24, 2.45) is 5.92 Å². The summed E-state index contributed by atoms with van der Waals surface area (Å²) in [6, 6.07) is 5.26. The zero-order chi connectivity index (χ0) is 17.0. The van der Waals surface area contributed by atoms with E-state index in [1.54, 1.807) is 17.0 Å². The van der Waals surface area contributed by atoms with E-state index >= 15 is 0 Å². The van der Waals surface area contributed by atoms with Crippen molar-refractivity contribution in [2.75, 3.05) is 13.1 Å². The minimum Gasteiger partial charge on any atom is -0.480 e. The number of rotatable bonds is 6. The number of aliphatic carboxylic acids is 1. The predicted octanol–water partition coefficient (Wildman–Crippen LogP) is 2.19. The van der Waals surface area contributed by atoms with Crippen LogP contribution in [-0.2, 0) is 9.59 Å². The highest BCUT2D eigenvalue weighted by Gasteiger charge is 2.32. The van der Waals surface area contributed by atoms with Crippen LogP contribution in [0.15, 0.2) is 24.3 Å². The molecule has 0 radical (unpaired) electrons. The Bertz CT molecular complexity index is 559. The molecule has 1 aliphatic heterocycles. The van der Waals surface area contributed by atoms with Crippen molar-refractivity contribution in [3.8, 4) is 0 Å². The smallest absolute Gasteiger partial charge is 0.320 e. The van der Waals surface area contributed by atoms with E-state index in [0.29, 0.717) is 13.0 Å². The molecular weight excluding hydrogens is 299 g/mol. The van der Waals surface area contributed by atoms with E-state index in [1.807, 2.05) is 13.8 Å². The molecule has 2 rings (SSSR count). The van der Waals surface area contributed by atoms with Gasteiger partial charge in [-0.1, -0.05) is 26.0 Å².